The first-order valence-corrected chi connectivity index (χ1v) is 9.96. The summed E-state index contributed by atoms with van der Waals surface area (Å²) in [5, 5.41) is 10.2. The largest absolute Gasteiger partial charge is 0.462 e. The minimum Gasteiger partial charge on any atom is -0.462 e. The average molecular weight is 363 g/mol. The highest BCUT2D eigenvalue weighted by Crippen LogP contribution is 2.45. The summed E-state index contributed by atoms with van der Waals surface area (Å²) < 4.78 is 5.58. The third kappa shape index (κ3) is 6.42. The lowest BCUT2D eigenvalue weighted by Crippen LogP contribution is -2.36. The lowest BCUT2D eigenvalue weighted by Gasteiger charge is -2.42. The van der Waals surface area contributed by atoms with E-state index in [-0.39, 0.29) is 18.0 Å². The fourth-order valence-corrected chi connectivity index (χ4v) is 4.44. The van der Waals surface area contributed by atoms with Gasteiger partial charge in [0.25, 0.3) is 0 Å². The fraction of sp³-hybridized carbons (Fsp3) is 0.696. The second-order valence-corrected chi connectivity index (χ2v) is 8.29. The molecule has 0 heterocycles. The Hall–Kier alpha value is -1.35. The van der Waals surface area contributed by atoms with Gasteiger partial charge in [-0.3, -0.25) is 4.79 Å². The first-order valence-electron chi connectivity index (χ1n) is 9.96. The maximum Gasteiger partial charge on any atom is 0.302 e. The molecule has 0 bridgehead atoms. The van der Waals surface area contributed by atoms with Gasteiger partial charge in [0, 0.05) is 13.3 Å². The van der Waals surface area contributed by atoms with Crippen LogP contribution in [0, 0.1) is 29.6 Å². The summed E-state index contributed by atoms with van der Waals surface area (Å²) in [4.78, 5) is 11.5. The molecule has 26 heavy (non-hydrogen) atoms. The van der Waals surface area contributed by atoms with E-state index in [0.29, 0.717) is 30.1 Å². The quantitative estimate of drug-likeness (QED) is 0.423. The third-order valence-electron chi connectivity index (χ3n) is 5.97. The monoisotopic (exact) mass is 362 g/mol. The van der Waals surface area contributed by atoms with Crippen molar-refractivity contribution in [3.05, 3.63) is 37.0 Å². The van der Waals surface area contributed by atoms with Gasteiger partial charge in [0.15, 0.2) is 0 Å². The van der Waals surface area contributed by atoms with Gasteiger partial charge in [-0.05, 0) is 55.8 Å². The van der Waals surface area contributed by atoms with Crippen LogP contribution in [0.4, 0.5) is 0 Å². The van der Waals surface area contributed by atoms with Crippen LogP contribution in [0.1, 0.15) is 60.3 Å². The van der Waals surface area contributed by atoms with Crippen molar-refractivity contribution in [3.63, 3.8) is 0 Å². The van der Waals surface area contributed by atoms with E-state index in [2.05, 4.69) is 46.9 Å². The highest BCUT2D eigenvalue weighted by Gasteiger charge is 2.37. The molecule has 1 rings (SSSR count). The number of carbonyl (C=O) groups excluding carboxylic acids is 1. The summed E-state index contributed by atoms with van der Waals surface area (Å²) in [5.41, 5.74) is 1.40. The number of ether oxygens (including phenoxy) is 1. The highest BCUT2D eigenvalue weighted by atomic mass is 16.5. The van der Waals surface area contributed by atoms with Crippen LogP contribution in [0.25, 0.3) is 0 Å². The smallest absolute Gasteiger partial charge is 0.302 e. The summed E-state index contributed by atoms with van der Waals surface area (Å²) in [7, 11) is 0. The molecule has 1 N–H and O–H groups in total. The second kappa shape index (κ2) is 10.7. The molecule has 0 radical (unpaired) electrons. The Morgan fingerprint density at radius 1 is 1.35 bits per heavy atom. The van der Waals surface area contributed by atoms with Crippen molar-refractivity contribution in [2.24, 2.45) is 29.6 Å². The van der Waals surface area contributed by atoms with Crippen LogP contribution in [0.5, 0.6) is 0 Å². The molecule has 3 nitrogen and oxygen atoms in total. The number of aliphatic hydroxyl groups is 1. The van der Waals surface area contributed by atoms with E-state index < -0.39 is 6.10 Å². The van der Waals surface area contributed by atoms with Crippen LogP contribution in [-0.2, 0) is 9.53 Å². The molecular weight excluding hydrogens is 324 g/mol. The summed E-state index contributed by atoms with van der Waals surface area (Å²) in [6.07, 6.45) is 8.75. The number of esters is 1. The van der Waals surface area contributed by atoms with Gasteiger partial charge in [-0.1, -0.05) is 44.6 Å². The number of carbonyl (C=O) groups is 1. The van der Waals surface area contributed by atoms with E-state index >= 15 is 0 Å². The topological polar surface area (TPSA) is 46.5 Å². The number of hydrogen-bond donors (Lipinski definition) is 1. The molecule has 0 aliphatic heterocycles. The maximum atomic E-state index is 11.5. The van der Waals surface area contributed by atoms with Crippen LogP contribution in [0.2, 0.25) is 0 Å². The predicted octanol–water partition coefficient (Wildman–Crippen LogP) is 5.31. The van der Waals surface area contributed by atoms with E-state index in [0.717, 1.165) is 19.3 Å². The Kier molecular flexibility index (Phi) is 9.35. The van der Waals surface area contributed by atoms with Crippen LogP contribution in [0.3, 0.4) is 0 Å². The van der Waals surface area contributed by atoms with Crippen molar-refractivity contribution in [3.8, 4) is 0 Å². The molecule has 0 saturated heterocycles. The molecular formula is C23H38O3. The summed E-state index contributed by atoms with van der Waals surface area (Å²) >= 11 is 0. The third-order valence-corrected chi connectivity index (χ3v) is 5.97. The normalized spacial score (nSPS) is 26.6. The Morgan fingerprint density at radius 2 is 2.00 bits per heavy atom. The Bertz CT molecular complexity index is 506. The van der Waals surface area contributed by atoms with Gasteiger partial charge in [-0.15, -0.1) is 13.2 Å². The fourth-order valence-electron chi connectivity index (χ4n) is 4.44. The molecule has 0 aromatic rings. The van der Waals surface area contributed by atoms with Crippen LogP contribution < -0.4 is 0 Å². The minimum atomic E-state index is -0.486. The van der Waals surface area contributed by atoms with Crippen molar-refractivity contribution >= 4 is 5.97 Å². The van der Waals surface area contributed by atoms with Gasteiger partial charge >= 0.3 is 5.97 Å². The zero-order chi connectivity index (χ0) is 19.9. The van der Waals surface area contributed by atoms with E-state index in [1.807, 2.05) is 6.08 Å². The van der Waals surface area contributed by atoms with Crippen LogP contribution in [-0.4, -0.2) is 23.3 Å². The predicted molar refractivity (Wildman–Crippen MR) is 109 cm³/mol. The lowest BCUT2D eigenvalue weighted by molar-refractivity contribution is -0.147. The molecule has 148 valence electrons. The Labute approximate surface area is 160 Å². The van der Waals surface area contributed by atoms with E-state index in [1.54, 1.807) is 6.08 Å². The molecule has 3 heteroatoms. The number of allylic oxidation sites excluding steroid dienone is 2. The standard InChI is InChI=1S/C23H38O3/c1-8-10-19(26-18(7)24)14-22-20(15(3)4)12-11-16(5)21(22)13-17(6)23(25)9-2/h8-9,11,15,17,19-23,25H,1-2,10,12-14H2,3-7H3/t17-,19?,20+,21-,22+,23-/m0/s1. The van der Waals surface area contributed by atoms with Gasteiger partial charge in [0.2, 0.25) is 0 Å². The molecule has 0 aromatic heterocycles. The van der Waals surface area contributed by atoms with Crippen molar-refractivity contribution in [2.45, 2.75) is 72.5 Å². The zero-order valence-corrected chi connectivity index (χ0v) is 17.3. The van der Waals surface area contributed by atoms with Gasteiger partial charge in [-0.2, -0.15) is 0 Å². The van der Waals surface area contributed by atoms with Crippen LogP contribution in [0.15, 0.2) is 37.0 Å². The molecule has 1 unspecified atom stereocenters. The first kappa shape index (κ1) is 22.7. The number of aliphatic hydroxyl groups excluding tert-OH is 1. The van der Waals surface area contributed by atoms with E-state index in [1.165, 1.54) is 12.5 Å². The Balaban J connectivity index is 3.08. The second-order valence-electron chi connectivity index (χ2n) is 8.29. The summed E-state index contributed by atoms with van der Waals surface area (Å²) in [5.74, 6) is 1.87. The highest BCUT2D eigenvalue weighted by molar-refractivity contribution is 5.66. The van der Waals surface area contributed by atoms with Crippen molar-refractivity contribution in [1.82, 2.24) is 0 Å². The minimum absolute atomic E-state index is 0.121. The van der Waals surface area contributed by atoms with Gasteiger partial charge < -0.3 is 9.84 Å². The van der Waals surface area contributed by atoms with Crippen LogP contribution >= 0.6 is 0 Å². The molecule has 0 spiro atoms. The van der Waals surface area contributed by atoms with Crippen molar-refractivity contribution in [2.75, 3.05) is 0 Å². The van der Waals surface area contributed by atoms with Gasteiger partial charge in [0.1, 0.15) is 6.10 Å². The molecule has 0 amide bonds. The number of hydrogen-bond acceptors (Lipinski definition) is 3. The Morgan fingerprint density at radius 3 is 2.50 bits per heavy atom. The van der Waals surface area contributed by atoms with Crippen molar-refractivity contribution < 1.29 is 14.6 Å². The molecule has 6 atom stereocenters. The lowest BCUT2D eigenvalue weighted by atomic mass is 9.64. The zero-order valence-electron chi connectivity index (χ0n) is 17.3. The van der Waals surface area contributed by atoms with Crippen molar-refractivity contribution in [1.29, 1.82) is 0 Å². The average Bonchev–Trinajstić information content (AvgIpc) is 2.56. The van der Waals surface area contributed by atoms with Gasteiger partial charge in [-0.25, -0.2) is 0 Å². The SMILES string of the molecule is C=CCC(C[C@@H]1[C@@H](C(C)C)CC=C(C)[C@@H]1C[C@H](C)[C@@H](O)C=C)OC(C)=O. The van der Waals surface area contributed by atoms with E-state index in [9.17, 15) is 9.90 Å². The summed E-state index contributed by atoms with van der Waals surface area (Å²) in [6, 6.07) is 0. The van der Waals surface area contributed by atoms with Gasteiger partial charge in [0.05, 0.1) is 6.10 Å². The molecule has 0 fully saturated rings. The number of rotatable bonds is 10. The summed E-state index contributed by atoms with van der Waals surface area (Å²) in [6.45, 7) is 17.9. The molecule has 0 saturated carbocycles. The maximum absolute atomic E-state index is 11.5. The molecule has 1 aliphatic carbocycles. The first-order chi connectivity index (χ1) is 12.2. The van der Waals surface area contributed by atoms with E-state index in [4.69, 9.17) is 4.74 Å². The molecule has 0 aromatic carbocycles. The molecule has 1 aliphatic rings.